The van der Waals surface area contributed by atoms with E-state index in [1.165, 1.54) is 13.4 Å². The Bertz CT molecular complexity index is 789. The van der Waals surface area contributed by atoms with Crippen LogP contribution in [0.1, 0.15) is 37.7 Å². The quantitative estimate of drug-likeness (QED) is 0.657. The molecule has 9 nitrogen and oxygen atoms in total. The minimum absolute atomic E-state index is 0.0346. The SMILES string of the molecule is CCCn1ncnc1[C@H](C)NC(=O)Nc1cc(NC(=O)COC)ccc1C. The van der Waals surface area contributed by atoms with Crippen molar-refractivity contribution in [2.45, 2.75) is 39.8 Å². The molecule has 0 aliphatic carbocycles. The lowest BCUT2D eigenvalue weighted by atomic mass is 10.2. The highest BCUT2D eigenvalue weighted by Crippen LogP contribution is 2.20. The maximum atomic E-state index is 12.4. The number of hydrogen-bond acceptors (Lipinski definition) is 5. The summed E-state index contributed by atoms with van der Waals surface area (Å²) < 4.78 is 6.58. The molecule has 0 spiro atoms. The number of hydrogen-bond donors (Lipinski definition) is 3. The van der Waals surface area contributed by atoms with E-state index in [0.29, 0.717) is 17.2 Å². The second-order valence-corrected chi connectivity index (χ2v) is 6.17. The first-order valence-corrected chi connectivity index (χ1v) is 8.79. The number of benzene rings is 1. The van der Waals surface area contributed by atoms with Gasteiger partial charge >= 0.3 is 6.03 Å². The number of aromatic nitrogens is 3. The van der Waals surface area contributed by atoms with Gasteiger partial charge in [0.1, 0.15) is 18.8 Å². The van der Waals surface area contributed by atoms with E-state index in [-0.39, 0.29) is 24.6 Å². The van der Waals surface area contributed by atoms with Crippen molar-refractivity contribution >= 4 is 23.3 Å². The third-order valence-electron chi connectivity index (χ3n) is 3.86. The molecule has 0 saturated carbocycles. The van der Waals surface area contributed by atoms with Gasteiger partial charge in [0.25, 0.3) is 0 Å². The monoisotopic (exact) mass is 374 g/mol. The number of urea groups is 1. The molecule has 27 heavy (non-hydrogen) atoms. The van der Waals surface area contributed by atoms with Gasteiger partial charge in [-0.05, 0) is 38.0 Å². The molecule has 0 bridgehead atoms. The Morgan fingerprint density at radius 1 is 1.30 bits per heavy atom. The van der Waals surface area contributed by atoms with Crippen LogP contribution in [0.5, 0.6) is 0 Å². The van der Waals surface area contributed by atoms with E-state index in [1.807, 2.05) is 19.9 Å². The molecule has 0 saturated heterocycles. The van der Waals surface area contributed by atoms with E-state index in [1.54, 1.807) is 16.8 Å². The normalized spacial score (nSPS) is 11.7. The van der Waals surface area contributed by atoms with Gasteiger partial charge in [-0.25, -0.2) is 14.5 Å². The first-order valence-electron chi connectivity index (χ1n) is 8.79. The maximum Gasteiger partial charge on any atom is 0.319 e. The van der Waals surface area contributed by atoms with Gasteiger partial charge in [-0.3, -0.25) is 4.79 Å². The van der Waals surface area contributed by atoms with Crippen molar-refractivity contribution in [1.29, 1.82) is 0 Å². The van der Waals surface area contributed by atoms with Crippen LogP contribution in [0, 0.1) is 6.92 Å². The third-order valence-corrected chi connectivity index (χ3v) is 3.86. The number of carbonyl (C=O) groups excluding carboxylic acids is 2. The largest absolute Gasteiger partial charge is 0.375 e. The highest BCUT2D eigenvalue weighted by Gasteiger charge is 2.16. The predicted molar refractivity (Wildman–Crippen MR) is 103 cm³/mol. The van der Waals surface area contributed by atoms with Gasteiger partial charge in [0.2, 0.25) is 5.91 Å². The lowest BCUT2D eigenvalue weighted by Gasteiger charge is -2.16. The maximum absolute atomic E-state index is 12.4. The summed E-state index contributed by atoms with van der Waals surface area (Å²) in [6, 6.07) is 4.62. The van der Waals surface area contributed by atoms with Crippen LogP contribution in [-0.2, 0) is 16.1 Å². The molecular weight excluding hydrogens is 348 g/mol. The number of amides is 3. The Balaban J connectivity index is 2.02. The second kappa shape index (κ2) is 9.67. The zero-order valence-corrected chi connectivity index (χ0v) is 16.1. The van der Waals surface area contributed by atoms with Gasteiger partial charge in [-0.2, -0.15) is 5.10 Å². The first-order chi connectivity index (χ1) is 12.9. The van der Waals surface area contributed by atoms with Gasteiger partial charge < -0.3 is 20.7 Å². The third kappa shape index (κ3) is 5.78. The molecule has 3 amide bonds. The highest BCUT2D eigenvalue weighted by molar-refractivity contribution is 5.94. The Kier molecular flexibility index (Phi) is 7.30. The van der Waals surface area contributed by atoms with Gasteiger partial charge in [0.15, 0.2) is 0 Å². The topological polar surface area (TPSA) is 110 Å². The van der Waals surface area contributed by atoms with Crippen molar-refractivity contribution < 1.29 is 14.3 Å². The summed E-state index contributed by atoms with van der Waals surface area (Å²) in [5.74, 6) is 0.435. The molecular formula is C18H26N6O3. The molecule has 0 unspecified atom stereocenters. The lowest BCUT2D eigenvalue weighted by Crippen LogP contribution is -2.33. The van der Waals surface area contributed by atoms with Crippen molar-refractivity contribution in [1.82, 2.24) is 20.1 Å². The van der Waals surface area contributed by atoms with Crippen LogP contribution >= 0.6 is 0 Å². The minimum Gasteiger partial charge on any atom is -0.375 e. The number of anilines is 2. The Labute approximate surface area is 158 Å². The molecule has 1 aromatic carbocycles. The fourth-order valence-electron chi connectivity index (χ4n) is 2.57. The van der Waals surface area contributed by atoms with E-state index in [0.717, 1.165) is 18.5 Å². The summed E-state index contributed by atoms with van der Waals surface area (Å²) in [5, 5.41) is 12.5. The van der Waals surface area contributed by atoms with Crippen LogP contribution in [0.2, 0.25) is 0 Å². The minimum atomic E-state index is -0.364. The smallest absolute Gasteiger partial charge is 0.319 e. The van der Waals surface area contributed by atoms with Crippen LogP contribution in [0.4, 0.5) is 16.2 Å². The van der Waals surface area contributed by atoms with Gasteiger partial charge in [0, 0.05) is 25.0 Å². The molecule has 1 aromatic heterocycles. The molecule has 0 aliphatic heterocycles. The van der Waals surface area contributed by atoms with E-state index in [2.05, 4.69) is 33.0 Å². The second-order valence-electron chi connectivity index (χ2n) is 6.17. The molecule has 0 fully saturated rings. The number of ether oxygens (including phenoxy) is 1. The summed E-state index contributed by atoms with van der Waals surface area (Å²) in [7, 11) is 1.45. The van der Waals surface area contributed by atoms with Gasteiger partial charge in [-0.15, -0.1) is 0 Å². The standard InChI is InChI=1S/C18H26N6O3/c1-5-8-24-17(19-11-20-24)13(3)21-18(26)23-15-9-14(7-6-12(15)2)22-16(25)10-27-4/h6-7,9,11,13H,5,8,10H2,1-4H3,(H,22,25)(H2,21,23,26)/t13-/m0/s1. The van der Waals surface area contributed by atoms with Crippen molar-refractivity contribution in [3.8, 4) is 0 Å². The van der Waals surface area contributed by atoms with Gasteiger partial charge in [-0.1, -0.05) is 13.0 Å². The summed E-state index contributed by atoms with van der Waals surface area (Å²) in [4.78, 5) is 28.3. The number of nitrogens with zero attached hydrogens (tertiary/aromatic N) is 3. The number of aryl methyl sites for hydroxylation is 2. The highest BCUT2D eigenvalue weighted by atomic mass is 16.5. The number of methoxy groups -OCH3 is 1. The van der Waals surface area contributed by atoms with E-state index in [9.17, 15) is 9.59 Å². The van der Waals surface area contributed by atoms with Crippen LogP contribution in [0.3, 0.4) is 0 Å². The van der Waals surface area contributed by atoms with Crippen LogP contribution < -0.4 is 16.0 Å². The van der Waals surface area contributed by atoms with Crippen molar-refractivity contribution in [3.05, 3.63) is 35.9 Å². The molecule has 0 radical (unpaired) electrons. The van der Waals surface area contributed by atoms with Crippen LogP contribution in [-0.4, -0.2) is 40.4 Å². The lowest BCUT2D eigenvalue weighted by molar-refractivity contribution is -0.119. The molecule has 0 aliphatic rings. The average Bonchev–Trinajstić information content (AvgIpc) is 3.07. The van der Waals surface area contributed by atoms with E-state index < -0.39 is 0 Å². The predicted octanol–water partition coefficient (Wildman–Crippen LogP) is 2.46. The number of nitrogens with one attached hydrogen (secondary N) is 3. The Hall–Kier alpha value is -2.94. The molecule has 1 heterocycles. The fraction of sp³-hybridized carbons (Fsp3) is 0.444. The summed E-state index contributed by atoms with van der Waals surface area (Å²) >= 11 is 0. The number of rotatable bonds is 8. The molecule has 1 atom stereocenters. The zero-order valence-electron chi connectivity index (χ0n) is 16.1. The molecule has 2 aromatic rings. The van der Waals surface area contributed by atoms with Crippen molar-refractivity contribution in [2.75, 3.05) is 24.4 Å². The zero-order chi connectivity index (χ0) is 19.8. The van der Waals surface area contributed by atoms with Gasteiger partial charge in [0.05, 0.1) is 6.04 Å². The van der Waals surface area contributed by atoms with Crippen LogP contribution in [0.15, 0.2) is 24.5 Å². The molecule has 9 heteroatoms. The van der Waals surface area contributed by atoms with E-state index >= 15 is 0 Å². The summed E-state index contributed by atoms with van der Waals surface area (Å²) in [6.07, 6.45) is 2.41. The fourth-order valence-corrected chi connectivity index (χ4v) is 2.57. The average molecular weight is 374 g/mol. The molecule has 146 valence electrons. The van der Waals surface area contributed by atoms with Crippen LogP contribution in [0.25, 0.3) is 0 Å². The molecule has 3 N–H and O–H groups in total. The first kappa shape index (κ1) is 20.4. The Morgan fingerprint density at radius 2 is 2.07 bits per heavy atom. The molecule has 2 rings (SSSR count). The number of carbonyl (C=O) groups is 2. The summed E-state index contributed by atoms with van der Waals surface area (Å²) in [5.41, 5.74) is 2.05. The van der Waals surface area contributed by atoms with E-state index in [4.69, 9.17) is 4.74 Å². The summed E-state index contributed by atoms with van der Waals surface area (Å²) in [6.45, 7) is 6.48. The Morgan fingerprint density at radius 3 is 2.78 bits per heavy atom. The van der Waals surface area contributed by atoms with Crippen molar-refractivity contribution in [3.63, 3.8) is 0 Å². The van der Waals surface area contributed by atoms with Crippen molar-refractivity contribution in [2.24, 2.45) is 0 Å².